The Bertz CT molecular complexity index is 1090. The third-order valence-electron chi connectivity index (χ3n) is 4.18. The fraction of sp³-hybridized carbons (Fsp3) is 0.105. The highest BCUT2D eigenvalue weighted by Gasteiger charge is 2.28. The molecule has 3 heterocycles. The summed E-state index contributed by atoms with van der Waals surface area (Å²) in [7, 11) is 0. The van der Waals surface area contributed by atoms with Crippen LogP contribution in [0.25, 0.3) is 5.82 Å². The van der Waals surface area contributed by atoms with Crippen LogP contribution in [0.2, 0.25) is 15.2 Å². The van der Waals surface area contributed by atoms with Crippen LogP contribution in [0, 0.1) is 6.92 Å². The van der Waals surface area contributed by atoms with Gasteiger partial charge in [-0.05, 0) is 48.9 Å². The third kappa shape index (κ3) is 3.12. The number of aliphatic imine (C=N–C) groups is 1. The minimum absolute atomic E-state index is 0.249. The predicted octanol–water partition coefficient (Wildman–Crippen LogP) is 5.49. The number of carbonyl (C=O) groups excluding carboxylic acids is 1. The molecule has 1 aliphatic heterocycles. The largest absolute Gasteiger partial charge is 0.460 e. The summed E-state index contributed by atoms with van der Waals surface area (Å²) in [5.41, 5.74) is 2.64. The quantitative estimate of drug-likeness (QED) is 0.526. The van der Waals surface area contributed by atoms with Crippen molar-refractivity contribution in [3.8, 4) is 5.82 Å². The topological polar surface area (TPSA) is 56.5 Å². The summed E-state index contributed by atoms with van der Waals surface area (Å²) in [6.07, 6.45) is 1.50. The molecule has 0 amide bonds. The van der Waals surface area contributed by atoms with Gasteiger partial charge in [0, 0.05) is 16.8 Å². The first-order valence-corrected chi connectivity index (χ1v) is 9.12. The normalized spacial score (nSPS) is 15.7. The molecule has 27 heavy (non-hydrogen) atoms. The van der Waals surface area contributed by atoms with Crippen molar-refractivity contribution >= 4 is 52.7 Å². The van der Waals surface area contributed by atoms with Gasteiger partial charge in [-0.2, -0.15) is 0 Å². The van der Waals surface area contributed by atoms with Crippen molar-refractivity contribution < 1.29 is 9.53 Å². The maximum atomic E-state index is 11.6. The monoisotopic (exact) mass is 419 g/mol. The number of ether oxygens (including phenoxy) is 1. The van der Waals surface area contributed by atoms with Crippen molar-refractivity contribution in [2.45, 2.75) is 13.0 Å². The highest BCUT2D eigenvalue weighted by molar-refractivity contribution is 6.33. The molecule has 0 fully saturated rings. The van der Waals surface area contributed by atoms with Crippen molar-refractivity contribution in [1.82, 2.24) is 9.55 Å². The zero-order valence-corrected chi connectivity index (χ0v) is 16.3. The molecule has 0 N–H and O–H groups in total. The molecule has 1 unspecified atom stereocenters. The molecule has 0 aliphatic carbocycles. The van der Waals surface area contributed by atoms with Crippen LogP contribution in [-0.2, 0) is 9.53 Å². The number of aryl methyl sites for hydroxylation is 1. The Kier molecular flexibility index (Phi) is 4.68. The Morgan fingerprint density at radius 2 is 2.00 bits per heavy atom. The van der Waals surface area contributed by atoms with E-state index in [9.17, 15) is 4.79 Å². The number of aromatic nitrogens is 2. The lowest BCUT2D eigenvalue weighted by Crippen LogP contribution is -2.21. The Morgan fingerprint density at radius 3 is 2.74 bits per heavy atom. The maximum Gasteiger partial charge on any atom is 0.240 e. The van der Waals surface area contributed by atoms with Crippen molar-refractivity contribution in [2.75, 3.05) is 0 Å². The summed E-state index contributed by atoms with van der Waals surface area (Å²) < 4.78 is 7.47. The molecule has 1 atom stereocenters. The number of nitrogens with zero attached hydrogens (tertiary/aromatic N) is 3. The summed E-state index contributed by atoms with van der Waals surface area (Å²) in [4.78, 5) is 20.6. The zero-order chi connectivity index (χ0) is 19.1. The van der Waals surface area contributed by atoms with Gasteiger partial charge >= 0.3 is 0 Å². The summed E-state index contributed by atoms with van der Waals surface area (Å²) in [6, 6.07) is 10.3. The van der Waals surface area contributed by atoms with E-state index in [4.69, 9.17) is 39.5 Å². The highest BCUT2D eigenvalue weighted by Crippen LogP contribution is 2.38. The average molecular weight is 421 g/mol. The van der Waals surface area contributed by atoms with Gasteiger partial charge in [0.1, 0.15) is 10.8 Å². The molecule has 136 valence electrons. The number of rotatable bonds is 3. The molecule has 1 aliphatic rings. The summed E-state index contributed by atoms with van der Waals surface area (Å²) in [5, 5.41) is 1.33. The molecule has 1 aromatic carbocycles. The van der Waals surface area contributed by atoms with Crippen molar-refractivity contribution in [3.05, 3.63) is 74.6 Å². The van der Waals surface area contributed by atoms with E-state index in [1.54, 1.807) is 47.2 Å². The molecule has 0 radical (unpaired) electrons. The van der Waals surface area contributed by atoms with E-state index >= 15 is 0 Å². The highest BCUT2D eigenvalue weighted by atomic mass is 35.5. The first kappa shape index (κ1) is 18.0. The molecule has 0 saturated heterocycles. The van der Waals surface area contributed by atoms with E-state index in [0.29, 0.717) is 44.2 Å². The molecule has 0 saturated carbocycles. The molecule has 4 rings (SSSR count). The lowest BCUT2D eigenvalue weighted by Gasteiger charge is -2.24. The van der Waals surface area contributed by atoms with E-state index in [2.05, 4.69) is 9.98 Å². The van der Waals surface area contributed by atoms with Gasteiger partial charge in [0.25, 0.3) is 0 Å². The number of pyridine rings is 1. The number of aldehydes is 1. The van der Waals surface area contributed by atoms with E-state index in [1.807, 2.05) is 6.92 Å². The maximum absolute atomic E-state index is 11.6. The molecule has 2 aromatic heterocycles. The lowest BCUT2D eigenvalue weighted by molar-refractivity contribution is -0.114. The smallest absolute Gasteiger partial charge is 0.240 e. The van der Waals surface area contributed by atoms with E-state index < -0.39 is 6.10 Å². The van der Waals surface area contributed by atoms with E-state index in [0.717, 1.165) is 5.56 Å². The van der Waals surface area contributed by atoms with Crippen LogP contribution in [0.4, 0.5) is 5.69 Å². The molecule has 3 aromatic rings. The molecule has 5 nitrogen and oxygen atoms in total. The number of benzene rings is 1. The first-order chi connectivity index (χ1) is 13.0. The molecule has 8 heteroatoms. The van der Waals surface area contributed by atoms with Gasteiger partial charge in [-0.25, -0.2) is 9.98 Å². The van der Waals surface area contributed by atoms with Crippen molar-refractivity contribution in [2.24, 2.45) is 4.99 Å². The van der Waals surface area contributed by atoms with Crippen LogP contribution in [0.5, 0.6) is 0 Å². The van der Waals surface area contributed by atoms with Gasteiger partial charge < -0.3 is 4.74 Å². The van der Waals surface area contributed by atoms with Crippen LogP contribution in [-0.4, -0.2) is 21.7 Å². The Balaban J connectivity index is 1.92. The summed E-state index contributed by atoms with van der Waals surface area (Å²) in [6.45, 7) is 1.88. The molecular formula is C19H12Cl3N3O2. The number of carbonyl (C=O) groups is 1. The standard InChI is InChI=1S/C19H12Cl3N3O2/c1-10-7-11(20)8-12-15(9-26)27-19(24-17(10)12)14-4-5-16(22)25(14)18-13(21)3-2-6-23-18/h2-9,15H,1H3. The minimum atomic E-state index is -0.828. The number of hydrogen-bond acceptors (Lipinski definition) is 4. The fourth-order valence-corrected chi connectivity index (χ4v) is 3.72. The fourth-order valence-electron chi connectivity index (χ4n) is 3.00. The minimum Gasteiger partial charge on any atom is -0.460 e. The van der Waals surface area contributed by atoms with Crippen LogP contribution in [0.15, 0.2) is 47.6 Å². The van der Waals surface area contributed by atoms with Crippen LogP contribution in [0.1, 0.15) is 22.9 Å². The van der Waals surface area contributed by atoms with Gasteiger partial charge in [0.2, 0.25) is 5.90 Å². The Hall–Kier alpha value is -2.34. The lowest BCUT2D eigenvalue weighted by atomic mass is 10.0. The van der Waals surface area contributed by atoms with Crippen molar-refractivity contribution in [3.63, 3.8) is 0 Å². The SMILES string of the molecule is Cc1cc(Cl)cc2c1N=C(c1ccc(Cl)n1-c1ncccc1Cl)OC2C=O. The third-order valence-corrected chi connectivity index (χ3v) is 4.99. The number of fused-ring (bicyclic) bond motifs is 1. The van der Waals surface area contributed by atoms with Gasteiger partial charge in [-0.1, -0.05) is 34.8 Å². The van der Waals surface area contributed by atoms with E-state index in [-0.39, 0.29) is 5.90 Å². The Morgan fingerprint density at radius 1 is 1.19 bits per heavy atom. The number of hydrogen-bond donors (Lipinski definition) is 0. The number of halogens is 3. The van der Waals surface area contributed by atoms with Gasteiger partial charge in [0.05, 0.1) is 10.7 Å². The zero-order valence-electron chi connectivity index (χ0n) is 14.0. The summed E-state index contributed by atoms with van der Waals surface area (Å²) in [5.74, 6) is 0.690. The second-order valence-electron chi connectivity index (χ2n) is 5.94. The second kappa shape index (κ2) is 7.00. The van der Waals surface area contributed by atoms with Gasteiger partial charge in [-0.15, -0.1) is 0 Å². The van der Waals surface area contributed by atoms with E-state index in [1.165, 1.54) is 0 Å². The summed E-state index contributed by atoms with van der Waals surface area (Å²) >= 11 is 18.8. The van der Waals surface area contributed by atoms with Crippen molar-refractivity contribution in [1.29, 1.82) is 0 Å². The predicted molar refractivity (Wildman–Crippen MR) is 106 cm³/mol. The van der Waals surface area contributed by atoms with Crippen LogP contribution < -0.4 is 0 Å². The first-order valence-electron chi connectivity index (χ1n) is 7.99. The second-order valence-corrected chi connectivity index (χ2v) is 7.17. The van der Waals surface area contributed by atoms with Gasteiger partial charge in [0.15, 0.2) is 18.2 Å². The van der Waals surface area contributed by atoms with Crippen LogP contribution in [0.3, 0.4) is 0 Å². The molecule has 0 spiro atoms. The average Bonchev–Trinajstić information content (AvgIpc) is 3.03. The Labute approximate surface area is 170 Å². The molecular weight excluding hydrogens is 409 g/mol. The van der Waals surface area contributed by atoms with Gasteiger partial charge in [-0.3, -0.25) is 9.36 Å². The molecule has 0 bridgehead atoms. The van der Waals surface area contributed by atoms with Crippen LogP contribution >= 0.6 is 34.8 Å².